The van der Waals surface area contributed by atoms with Crippen molar-refractivity contribution < 1.29 is 8.78 Å². The summed E-state index contributed by atoms with van der Waals surface area (Å²) in [5.74, 6) is -0.437. The summed E-state index contributed by atoms with van der Waals surface area (Å²) in [5.41, 5.74) is 2.54. The van der Waals surface area contributed by atoms with E-state index in [2.05, 4.69) is 21.4 Å². The third-order valence-electron chi connectivity index (χ3n) is 6.74. The van der Waals surface area contributed by atoms with Crippen molar-refractivity contribution >= 4 is 23.1 Å². The fraction of sp³-hybridized carbons (Fsp3) is 0.200. The monoisotopic (exact) mass is 506 g/mol. The van der Waals surface area contributed by atoms with Crippen LogP contribution < -0.4 is 10.2 Å². The summed E-state index contributed by atoms with van der Waals surface area (Å²) in [6.07, 6.45) is 5.72. The van der Waals surface area contributed by atoms with Crippen LogP contribution in [0, 0.1) is 40.2 Å². The second-order valence-electron chi connectivity index (χ2n) is 9.29. The Bertz CT molecular complexity index is 1490. The zero-order valence-corrected chi connectivity index (χ0v) is 20.5. The number of aromatic nitrogens is 2. The van der Waals surface area contributed by atoms with Gasteiger partial charge in [-0.2, -0.15) is 15.5 Å². The van der Waals surface area contributed by atoms with Crippen LogP contribution in [-0.2, 0) is 0 Å². The lowest BCUT2D eigenvalue weighted by Gasteiger charge is -2.28. The predicted molar refractivity (Wildman–Crippen MR) is 142 cm³/mol. The van der Waals surface area contributed by atoms with Crippen molar-refractivity contribution in [2.24, 2.45) is 5.92 Å². The van der Waals surface area contributed by atoms with E-state index >= 15 is 8.78 Å². The fourth-order valence-corrected chi connectivity index (χ4v) is 4.79. The Labute approximate surface area is 219 Å². The summed E-state index contributed by atoms with van der Waals surface area (Å²) in [4.78, 5) is 10.5. The Morgan fingerprint density at radius 1 is 0.842 bits per heavy atom. The highest BCUT2D eigenvalue weighted by Crippen LogP contribution is 2.36. The largest absolute Gasteiger partial charge is 0.324 e. The molecule has 1 fully saturated rings. The standard InChI is InChI=1S/C30H24F2N6/c31-26-15-24(23-9-5-20(17-33)6-10-23)16-27(32)29(26)38(19-22-3-1-2-4-22)28-13-14-35-30(37-28)36-25-11-7-21(18-34)8-12-25/h5-16,22H,1-4,19H2,(H,35,36,37). The molecule has 1 aliphatic carbocycles. The molecule has 3 aromatic carbocycles. The molecule has 0 unspecified atom stereocenters. The zero-order valence-electron chi connectivity index (χ0n) is 20.5. The second kappa shape index (κ2) is 11.1. The molecule has 0 bridgehead atoms. The van der Waals surface area contributed by atoms with Gasteiger partial charge >= 0.3 is 0 Å². The van der Waals surface area contributed by atoms with E-state index in [1.807, 2.05) is 6.07 Å². The Morgan fingerprint density at radius 2 is 1.45 bits per heavy atom. The van der Waals surface area contributed by atoms with Gasteiger partial charge in [-0.25, -0.2) is 13.8 Å². The molecule has 8 heteroatoms. The Morgan fingerprint density at radius 3 is 2.05 bits per heavy atom. The molecule has 38 heavy (non-hydrogen) atoms. The number of halogens is 2. The lowest BCUT2D eigenvalue weighted by molar-refractivity contribution is 0.532. The minimum absolute atomic E-state index is 0.155. The van der Waals surface area contributed by atoms with Gasteiger partial charge in [0.15, 0.2) is 11.6 Å². The van der Waals surface area contributed by atoms with Crippen LogP contribution in [0.15, 0.2) is 72.9 Å². The van der Waals surface area contributed by atoms with Crippen molar-refractivity contribution in [1.29, 1.82) is 10.5 Å². The van der Waals surface area contributed by atoms with E-state index in [0.717, 1.165) is 25.7 Å². The molecule has 0 amide bonds. The fourth-order valence-electron chi connectivity index (χ4n) is 4.79. The topological polar surface area (TPSA) is 88.6 Å². The molecule has 6 nitrogen and oxygen atoms in total. The smallest absolute Gasteiger partial charge is 0.229 e. The minimum Gasteiger partial charge on any atom is -0.324 e. The molecule has 0 saturated heterocycles. The summed E-state index contributed by atoms with van der Waals surface area (Å²) in [6.45, 7) is 0.428. The number of hydrogen-bond donors (Lipinski definition) is 1. The number of nitriles is 2. The first-order chi connectivity index (χ1) is 18.5. The maximum absolute atomic E-state index is 15.7. The van der Waals surface area contributed by atoms with Gasteiger partial charge in [0.05, 0.1) is 23.3 Å². The van der Waals surface area contributed by atoms with Gasteiger partial charge in [-0.3, -0.25) is 0 Å². The molecular weight excluding hydrogens is 482 g/mol. The first-order valence-corrected chi connectivity index (χ1v) is 12.4. The van der Waals surface area contributed by atoms with Crippen LogP contribution in [0.2, 0.25) is 0 Å². The minimum atomic E-state index is -0.692. The summed E-state index contributed by atoms with van der Waals surface area (Å²) in [7, 11) is 0. The highest BCUT2D eigenvalue weighted by Gasteiger charge is 2.26. The van der Waals surface area contributed by atoms with Crippen LogP contribution in [0.5, 0.6) is 0 Å². The number of nitrogens with one attached hydrogen (secondary N) is 1. The normalized spacial score (nSPS) is 13.1. The van der Waals surface area contributed by atoms with Gasteiger partial charge in [0.25, 0.3) is 0 Å². The van der Waals surface area contributed by atoms with Crippen molar-refractivity contribution in [1.82, 2.24) is 9.97 Å². The Hall–Kier alpha value is -4.82. The van der Waals surface area contributed by atoms with Crippen molar-refractivity contribution in [3.8, 4) is 23.3 Å². The van der Waals surface area contributed by atoms with Gasteiger partial charge in [0.1, 0.15) is 11.5 Å². The number of rotatable bonds is 7. The maximum Gasteiger partial charge on any atom is 0.229 e. The molecule has 1 aromatic heterocycles. The molecule has 1 aliphatic rings. The number of benzene rings is 3. The first-order valence-electron chi connectivity index (χ1n) is 12.4. The van der Waals surface area contributed by atoms with Crippen molar-refractivity contribution in [3.05, 3.63) is 95.7 Å². The molecule has 1 saturated carbocycles. The van der Waals surface area contributed by atoms with E-state index in [-0.39, 0.29) is 17.6 Å². The third-order valence-corrected chi connectivity index (χ3v) is 6.74. The summed E-state index contributed by atoms with van der Waals surface area (Å²) < 4.78 is 31.3. The van der Waals surface area contributed by atoms with Crippen LogP contribution in [0.1, 0.15) is 36.8 Å². The average Bonchev–Trinajstić information content (AvgIpc) is 3.46. The molecule has 0 radical (unpaired) electrons. The van der Waals surface area contributed by atoms with Crippen molar-refractivity contribution in [3.63, 3.8) is 0 Å². The highest BCUT2D eigenvalue weighted by atomic mass is 19.1. The second-order valence-corrected chi connectivity index (χ2v) is 9.29. The quantitative estimate of drug-likeness (QED) is 0.284. The maximum atomic E-state index is 15.7. The van der Waals surface area contributed by atoms with E-state index in [0.29, 0.717) is 40.3 Å². The molecule has 4 aromatic rings. The number of hydrogen-bond acceptors (Lipinski definition) is 6. The van der Waals surface area contributed by atoms with Crippen LogP contribution in [0.25, 0.3) is 11.1 Å². The van der Waals surface area contributed by atoms with Crippen LogP contribution in [-0.4, -0.2) is 16.5 Å². The van der Waals surface area contributed by atoms with Crippen LogP contribution >= 0.6 is 0 Å². The van der Waals surface area contributed by atoms with Gasteiger partial charge in [-0.15, -0.1) is 0 Å². The lowest BCUT2D eigenvalue weighted by Crippen LogP contribution is -2.27. The zero-order chi connectivity index (χ0) is 26.5. The summed E-state index contributed by atoms with van der Waals surface area (Å²) in [6, 6.07) is 21.8. The molecule has 0 spiro atoms. The van der Waals surface area contributed by atoms with Gasteiger partial charge in [-0.1, -0.05) is 25.0 Å². The van der Waals surface area contributed by atoms with Crippen molar-refractivity contribution in [2.75, 3.05) is 16.8 Å². The Kier molecular flexibility index (Phi) is 7.24. The molecule has 0 aliphatic heterocycles. The summed E-state index contributed by atoms with van der Waals surface area (Å²) >= 11 is 0. The molecule has 188 valence electrons. The molecule has 1 N–H and O–H groups in total. The molecule has 1 heterocycles. The van der Waals surface area contributed by atoms with Gasteiger partial charge in [0.2, 0.25) is 5.95 Å². The molecule has 0 atom stereocenters. The average molecular weight is 507 g/mol. The predicted octanol–water partition coefficient (Wildman–Crippen LogP) is 7.24. The SMILES string of the molecule is N#Cc1ccc(Nc2nccc(N(CC3CCCC3)c3c(F)cc(-c4ccc(C#N)cc4)cc3F)n2)cc1. The van der Waals surface area contributed by atoms with Gasteiger partial charge < -0.3 is 10.2 Å². The first kappa shape index (κ1) is 24.9. The van der Waals surface area contributed by atoms with Gasteiger partial charge in [-0.05, 0) is 84.5 Å². The highest BCUT2D eigenvalue weighted by molar-refractivity contribution is 5.71. The van der Waals surface area contributed by atoms with Crippen LogP contribution in [0.3, 0.4) is 0 Å². The van der Waals surface area contributed by atoms with Crippen molar-refractivity contribution in [2.45, 2.75) is 25.7 Å². The number of anilines is 4. The molecule has 5 rings (SSSR count). The van der Waals surface area contributed by atoms with E-state index in [4.69, 9.17) is 10.5 Å². The van der Waals surface area contributed by atoms with E-state index in [1.165, 1.54) is 12.1 Å². The van der Waals surface area contributed by atoms with Crippen LogP contribution in [0.4, 0.5) is 31.9 Å². The van der Waals surface area contributed by atoms with E-state index in [9.17, 15) is 0 Å². The number of nitrogens with zero attached hydrogens (tertiary/aromatic N) is 5. The van der Waals surface area contributed by atoms with E-state index < -0.39 is 11.6 Å². The lowest BCUT2D eigenvalue weighted by atomic mass is 10.0. The summed E-state index contributed by atoms with van der Waals surface area (Å²) in [5, 5.41) is 21.1. The van der Waals surface area contributed by atoms with E-state index in [1.54, 1.807) is 65.7 Å². The third kappa shape index (κ3) is 5.45. The Balaban J connectivity index is 1.50. The van der Waals surface area contributed by atoms with Gasteiger partial charge in [0, 0.05) is 18.4 Å². The molecular formula is C30H24F2N6.